The van der Waals surface area contributed by atoms with E-state index in [4.69, 9.17) is 10.5 Å². The molecule has 0 bridgehead atoms. The Kier molecular flexibility index (Phi) is 4.32. The Hall–Kier alpha value is -2.40. The van der Waals surface area contributed by atoms with Crippen molar-refractivity contribution < 1.29 is 9.53 Å². The summed E-state index contributed by atoms with van der Waals surface area (Å²) in [5.41, 5.74) is 7.16. The number of ether oxygens (including phenoxy) is 1. The number of anilines is 1. The van der Waals surface area contributed by atoms with E-state index in [0.29, 0.717) is 17.2 Å². The van der Waals surface area contributed by atoms with Gasteiger partial charge in [-0.15, -0.1) is 0 Å². The van der Waals surface area contributed by atoms with Crippen molar-refractivity contribution >= 4 is 11.6 Å². The van der Waals surface area contributed by atoms with Gasteiger partial charge in [0.25, 0.3) is 0 Å². The van der Waals surface area contributed by atoms with Crippen molar-refractivity contribution in [3.05, 3.63) is 48.3 Å². The highest BCUT2D eigenvalue weighted by molar-refractivity contribution is 5.90. The Labute approximate surface area is 117 Å². The number of aromatic nitrogens is 1. The molecule has 0 aliphatic rings. The summed E-state index contributed by atoms with van der Waals surface area (Å²) >= 11 is 0. The van der Waals surface area contributed by atoms with Gasteiger partial charge in [0.05, 0.1) is 17.6 Å². The summed E-state index contributed by atoms with van der Waals surface area (Å²) in [7, 11) is 0. The number of benzene rings is 1. The summed E-state index contributed by atoms with van der Waals surface area (Å²) in [5.74, 6) is 1.01. The first-order valence-corrected chi connectivity index (χ1v) is 6.32. The van der Waals surface area contributed by atoms with Gasteiger partial charge in [0.1, 0.15) is 5.75 Å². The number of amides is 1. The van der Waals surface area contributed by atoms with Gasteiger partial charge in [-0.2, -0.15) is 0 Å². The van der Waals surface area contributed by atoms with Crippen LogP contribution in [0.15, 0.2) is 42.6 Å². The molecule has 0 unspecified atom stereocenters. The molecule has 1 amide bonds. The summed E-state index contributed by atoms with van der Waals surface area (Å²) in [5, 5.41) is 2.72. The van der Waals surface area contributed by atoms with Gasteiger partial charge in [0.2, 0.25) is 5.91 Å². The van der Waals surface area contributed by atoms with Crippen molar-refractivity contribution in [2.24, 2.45) is 5.73 Å². The van der Waals surface area contributed by atoms with E-state index in [-0.39, 0.29) is 11.9 Å². The molecule has 0 fully saturated rings. The maximum atomic E-state index is 11.1. The third kappa shape index (κ3) is 3.55. The smallest absolute Gasteiger partial charge is 0.221 e. The predicted octanol–water partition coefficient (Wildman–Crippen LogP) is 2.85. The zero-order valence-electron chi connectivity index (χ0n) is 11.5. The van der Waals surface area contributed by atoms with Crippen LogP contribution in [0.5, 0.6) is 11.5 Å². The molecule has 1 heterocycles. The van der Waals surface area contributed by atoms with Crippen LogP contribution in [0.4, 0.5) is 5.69 Å². The van der Waals surface area contributed by atoms with E-state index in [1.54, 1.807) is 24.4 Å². The lowest BCUT2D eigenvalue weighted by molar-refractivity contribution is -0.114. The number of nitrogens with two attached hydrogens (primary N) is 1. The van der Waals surface area contributed by atoms with Crippen LogP contribution in [-0.2, 0) is 4.79 Å². The van der Waals surface area contributed by atoms with Crippen molar-refractivity contribution in [3.63, 3.8) is 0 Å². The van der Waals surface area contributed by atoms with E-state index >= 15 is 0 Å². The molecule has 1 aromatic heterocycles. The molecule has 0 saturated carbocycles. The number of hydrogen-bond acceptors (Lipinski definition) is 4. The molecule has 3 N–H and O–H groups in total. The Morgan fingerprint density at radius 1 is 1.30 bits per heavy atom. The molecule has 0 aliphatic carbocycles. The van der Waals surface area contributed by atoms with Crippen LogP contribution in [-0.4, -0.2) is 10.9 Å². The third-order valence-electron chi connectivity index (χ3n) is 2.65. The van der Waals surface area contributed by atoms with Gasteiger partial charge >= 0.3 is 0 Å². The van der Waals surface area contributed by atoms with Gasteiger partial charge in [-0.3, -0.25) is 9.78 Å². The molecule has 104 valence electrons. The molecular weight excluding hydrogens is 254 g/mol. The number of pyridine rings is 1. The maximum Gasteiger partial charge on any atom is 0.221 e. The molecule has 1 atom stereocenters. The Morgan fingerprint density at radius 2 is 2.05 bits per heavy atom. The lowest BCUT2D eigenvalue weighted by Crippen LogP contribution is -2.07. The molecule has 2 aromatic rings. The second kappa shape index (κ2) is 6.16. The lowest BCUT2D eigenvalue weighted by Gasteiger charge is -2.11. The molecule has 2 rings (SSSR count). The number of hydrogen-bond donors (Lipinski definition) is 2. The number of para-hydroxylation sites is 2. The first-order chi connectivity index (χ1) is 9.56. The van der Waals surface area contributed by atoms with Crippen LogP contribution in [0, 0.1) is 0 Å². The van der Waals surface area contributed by atoms with E-state index in [0.717, 1.165) is 5.69 Å². The number of nitrogens with zero attached hydrogens (tertiary/aromatic N) is 1. The fourth-order valence-electron chi connectivity index (χ4n) is 1.70. The molecule has 5 nitrogen and oxygen atoms in total. The van der Waals surface area contributed by atoms with E-state index < -0.39 is 0 Å². The largest absolute Gasteiger partial charge is 0.454 e. The number of rotatable bonds is 4. The molecule has 1 aromatic carbocycles. The van der Waals surface area contributed by atoms with Gasteiger partial charge < -0.3 is 15.8 Å². The van der Waals surface area contributed by atoms with Crippen LogP contribution < -0.4 is 15.8 Å². The number of carbonyl (C=O) groups is 1. The summed E-state index contributed by atoms with van der Waals surface area (Å²) in [6.07, 6.45) is 1.61. The van der Waals surface area contributed by atoms with E-state index in [1.165, 1.54) is 6.92 Å². The van der Waals surface area contributed by atoms with Crippen molar-refractivity contribution in [3.8, 4) is 11.5 Å². The predicted molar refractivity (Wildman–Crippen MR) is 77.7 cm³/mol. The molecule has 0 spiro atoms. The van der Waals surface area contributed by atoms with Crippen LogP contribution >= 0.6 is 0 Å². The van der Waals surface area contributed by atoms with Gasteiger partial charge in [-0.25, -0.2) is 0 Å². The van der Waals surface area contributed by atoms with Crippen molar-refractivity contribution in [1.29, 1.82) is 0 Å². The van der Waals surface area contributed by atoms with Crippen LogP contribution in [0.1, 0.15) is 25.6 Å². The quantitative estimate of drug-likeness (QED) is 0.896. The second-order valence-electron chi connectivity index (χ2n) is 4.49. The minimum atomic E-state index is -0.147. The van der Waals surface area contributed by atoms with Gasteiger partial charge in [0, 0.05) is 13.0 Å². The monoisotopic (exact) mass is 271 g/mol. The summed E-state index contributed by atoms with van der Waals surface area (Å²) < 4.78 is 5.73. The first-order valence-electron chi connectivity index (χ1n) is 6.32. The highest BCUT2D eigenvalue weighted by Gasteiger charge is 2.07. The van der Waals surface area contributed by atoms with E-state index in [1.807, 2.05) is 25.1 Å². The zero-order valence-corrected chi connectivity index (χ0v) is 11.5. The van der Waals surface area contributed by atoms with E-state index in [2.05, 4.69) is 10.3 Å². The molecule has 0 radical (unpaired) electrons. The summed E-state index contributed by atoms with van der Waals surface area (Å²) in [4.78, 5) is 15.4. The maximum absolute atomic E-state index is 11.1. The Bertz CT molecular complexity index is 594. The fourth-order valence-corrected chi connectivity index (χ4v) is 1.70. The van der Waals surface area contributed by atoms with Gasteiger partial charge in [0.15, 0.2) is 5.75 Å². The fraction of sp³-hybridized carbons (Fsp3) is 0.200. The SMILES string of the molecule is CC(=O)Nc1ccccc1Oc1ccc([C@@H](C)N)nc1. The second-order valence-corrected chi connectivity index (χ2v) is 4.49. The lowest BCUT2D eigenvalue weighted by atomic mass is 10.2. The summed E-state index contributed by atoms with van der Waals surface area (Å²) in [6, 6.07) is 10.7. The first kappa shape index (κ1) is 14.0. The van der Waals surface area contributed by atoms with Crippen molar-refractivity contribution in [1.82, 2.24) is 4.98 Å². The van der Waals surface area contributed by atoms with E-state index in [9.17, 15) is 4.79 Å². The van der Waals surface area contributed by atoms with Crippen molar-refractivity contribution in [2.45, 2.75) is 19.9 Å². The normalized spacial score (nSPS) is 11.8. The topological polar surface area (TPSA) is 77.2 Å². The van der Waals surface area contributed by atoms with Crippen LogP contribution in [0.2, 0.25) is 0 Å². The zero-order chi connectivity index (χ0) is 14.5. The molecule has 5 heteroatoms. The number of nitrogens with one attached hydrogen (secondary N) is 1. The minimum absolute atomic E-state index is 0.115. The Balaban J connectivity index is 2.19. The van der Waals surface area contributed by atoms with Crippen LogP contribution in [0.3, 0.4) is 0 Å². The highest BCUT2D eigenvalue weighted by atomic mass is 16.5. The van der Waals surface area contributed by atoms with Crippen molar-refractivity contribution in [2.75, 3.05) is 5.32 Å². The minimum Gasteiger partial charge on any atom is -0.454 e. The molecule has 20 heavy (non-hydrogen) atoms. The average molecular weight is 271 g/mol. The van der Waals surface area contributed by atoms with Gasteiger partial charge in [-0.05, 0) is 31.2 Å². The molecule has 0 saturated heterocycles. The average Bonchev–Trinajstić information content (AvgIpc) is 2.41. The number of carbonyl (C=O) groups excluding carboxylic acids is 1. The summed E-state index contributed by atoms with van der Waals surface area (Å²) in [6.45, 7) is 3.32. The van der Waals surface area contributed by atoms with Gasteiger partial charge in [-0.1, -0.05) is 12.1 Å². The standard InChI is InChI=1S/C15H17N3O2/c1-10(16)13-8-7-12(9-17-13)20-15-6-4-3-5-14(15)18-11(2)19/h3-10H,16H2,1-2H3,(H,18,19)/t10-/m1/s1. The van der Waals surface area contributed by atoms with Crippen LogP contribution in [0.25, 0.3) is 0 Å². The Morgan fingerprint density at radius 3 is 2.65 bits per heavy atom. The molecular formula is C15H17N3O2. The highest BCUT2D eigenvalue weighted by Crippen LogP contribution is 2.29. The third-order valence-corrected chi connectivity index (χ3v) is 2.65. The molecule has 0 aliphatic heterocycles.